The molecule has 1 aliphatic heterocycles. The Labute approximate surface area is 262 Å². The minimum Gasteiger partial charge on any atom is -0.462 e. The SMILES string of the molecule is CO.Cc1ccc(C#Cc2ccc3oc(C(C)CC(=O)OCC4C/C(=C\CC(CC(C)C)CC(C)C)C(=O)O4)cc3c2)cc1. The number of aliphatic hydroxyl groups is 1. The first kappa shape index (κ1) is 34.7. The van der Waals surface area contributed by atoms with Gasteiger partial charge in [0.2, 0.25) is 0 Å². The van der Waals surface area contributed by atoms with Gasteiger partial charge in [0.1, 0.15) is 24.1 Å². The number of rotatable bonds is 11. The minimum atomic E-state index is -0.428. The van der Waals surface area contributed by atoms with Gasteiger partial charge < -0.3 is 19.0 Å². The summed E-state index contributed by atoms with van der Waals surface area (Å²) in [6.07, 6.45) is 5.44. The summed E-state index contributed by atoms with van der Waals surface area (Å²) in [5.41, 5.74) is 4.53. The van der Waals surface area contributed by atoms with E-state index in [0.717, 1.165) is 54.2 Å². The van der Waals surface area contributed by atoms with Gasteiger partial charge in [0.25, 0.3) is 0 Å². The lowest BCUT2D eigenvalue weighted by Gasteiger charge is -2.19. The maximum atomic E-state index is 12.6. The van der Waals surface area contributed by atoms with E-state index in [1.54, 1.807) is 0 Å². The highest BCUT2D eigenvalue weighted by Crippen LogP contribution is 2.29. The van der Waals surface area contributed by atoms with Crippen molar-refractivity contribution in [3.8, 4) is 11.8 Å². The lowest BCUT2D eigenvalue weighted by Crippen LogP contribution is -2.19. The van der Waals surface area contributed by atoms with Crippen LogP contribution in [0.25, 0.3) is 11.0 Å². The van der Waals surface area contributed by atoms with Gasteiger partial charge in [-0.25, -0.2) is 4.79 Å². The molecule has 2 atom stereocenters. The van der Waals surface area contributed by atoms with E-state index in [0.29, 0.717) is 29.7 Å². The van der Waals surface area contributed by atoms with Crippen LogP contribution in [0.5, 0.6) is 0 Å². The van der Waals surface area contributed by atoms with Crippen LogP contribution in [0.4, 0.5) is 0 Å². The Morgan fingerprint density at radius 1 is 0.977 bits per heavy atom. The number of fused-ring (bicyclic) bond motifs is 1. The van der Waals surface area contributed by atoms with E-state index in [2.05, 4.69) is 58.6 Å². The molecule has 1 saturated heterocycles. The van der Waals surface area contributed by atoms with Crippen molar-refractivity contribution in [2.75, 3.05) is 13.7 Å². The summed E-state index contributed by atoms with van der Waals surface area (Å²) in [4.78, 5) is 25.1. The van der Waals surface area contributed by atoms with Gasteiger partial charge in [-0.05, 0) is 80.3 Å². The number of aryl methyl sites for hydroxylation is 1. The minimum absolute atomic E-state index is 0.0686. The van der Waals surface area contributed by atoms with Crippen LogP contribution in [0, 0.1) is 36.5 Å². The fraction of sp³-hybridized carbons (Fsp3) is 0.474. The molecule has 0 bridgehead atoms. The molecular formula is C38H48O6. The number of esters is 2. The number of hydrogen-bond donors (Lipinski definition) is 1. The lowest BCUT2D eigenvalue weighted by molar-refractivity contribution is -0.152. The first-order chi connectivity index (χ1) is 21.0. The number of benzene rings is 2. The maximum Gasteiger partial charge on any atom is 0.334 e. The van der Waals surface area contributed by atoms with E-state index in [1.807, 2.05) is 49.4 Å². The predicted octanol–water partition coefficient (Wildman–Crippen LogP) is 8.13. The fourth-order valence-corrected chi connectivity index (χ4v) is 5.55. The predicted molar refractivity (Wildman–Crippen MR) is 175 cm³/mol. The van der Waals surface area contributed by atoms with Crippen molar-refractivity contribution in [3.63, 3.8) is 0 Å². The molecule has 6 heteroatoms. The zero-order valence-corrected chi connectivity index (χ0v) is 27.3. The molecule has 2 unspecified atom stereocenters. The number of furan rings is 1. The molecule has 44 heavy (non-hydrogen) atoms. The lowest BCUT2D eigenvalue weighted by atomic mass is 9.86. The van der Waals surface area contributed by atoms with Gasteiger partial charge in [-0.2, -0.15) is 0 Å². The molecule has 0 amide bonds. The molecule has 1 aromatic heterocycles. The van der Waals surface area contributed by atoms with Crippen LogP contribution in [-0.4, -0.2) is 36.9 Å². The molecule has 1 N–H and O–H groups in total. The largest absolute Gasteiger partial charge is 0.462 e. The number of allylic oxidation sites excluding steroid dienone is 1. The molecule has 1 aliphatic rings. The van der Waals surface area contributed by atoms with Crippen molar-refractivity contribution >= 4 is 22.9 Å². The number of cyclic esters (lactones) is 1. The monoisotopic (exact) mass is 600 g/mol. The third kappa shape index (κ3) is 10.7. The van der Waals surface area contributed by atoms with Gasteiger partial charge in [-0.3, -0.25) is 4.79 Å². The van der Waals surface area contributed by atoms with E-state index in [4.69, 9.17) is 19.0 Å². The van der Waals surface area contributed by atoms with Crippen molar-refractivity contribution in [2.45, 2.75) is 85.7 Å². The molecule has 2 aromatic carbocycles. The molecule has 0 saturated carbocycles. The van der Waals surface area contributed by atoms with Gasteiger partial charge >= 0.3 is 11.9 Å². The standard InChI is InChI=1S/C37H44O5.CH4O/c1-24(2)17-30(18-25(3)4)13-15-31-21-33(41-37(31)39)23-40-36(38)19-27(6)35-22-32-20-29(14-16-34(32)42-35)12-11-28-9-7-26(5)8-10-28;1-2/h7-10,14-16,20,22,24-25,27,30,33H,13,17-19,21,23H2,1-6H3;2H,1H3/b31-15+;. The summed E-state index contributed by atoms with van der Waals surface area (Å²) in [5.74, 6) is 8.15. The second kappa shape index (κ2) is 16.9. The number of carbonyl (C=O) groups excluding carboxylic acids is 2. The molecule has 236 valence electrons. The maximum absolute atomic E-state index is 12.6. The van der Waals surface area contributed by atoms with Crippen molar-refractivity contribution in [3.05, 3.63) is 82.6 Å². The molecule has 0 spiro atoms. The van der Waals surface area contributed by atoms with Gasteiger partial charge in [0.15, 0.2) is 0 Å². The molecule has 2 heterocycles. The summed E-state index contributed by atoms with van der Waals surface area (Å²) < 4.78 is 17.0. The highest BCUT2D eigenvalue weighted by Gasteiger charge is 2.30. The van der Waals surface area contributed by atoms with Crippen LogP contribution in [-0.2, 0) is 19.1 Å². The first-order valence-electron chi connectivity index (χ1n) is 15.7. The van der Waals surface area contributed by atoms with E-state index in [1.165, 1.54) is 5.56 Å². The third-order valence-electron chi connectivity index (χ3n) is 7.62. The molecule has 3 aromatic rings. The van der Waals surface area contributed by atoms with Gasteiger partial charge in [-0.1, -0.05) is 70.2 Å². The van der Waals surface area contributed by atoms with Crippen LogP contribution in [0.2, 0.25) is 0 Å². The Hall–Kier alpha value is -3.82. The van der Waals surface area contributed by atoms with Crippen molar-refractivity contribution in [1.29, 1.82) is 0 Å². The normalized spacial score (nSPS) is 16.1. The van der Waals surface area contributed by atoms with E-state index in [-0.39, 0.29) is 30.9 Å². The Bertz CT molecular complexity index is 1450. The molecule has 0 aliphatic carbocycles. The van der Waals surface area contributed by atoms with E-state index < -0.39 is 6.10 Å². The van der Waals surface area contributed by atoms with Crippen molar-refractivity contribution < 1.29 is 28.6 Å². The highest BCUT2D eigenvalue weighted by molar-refractivity contribution is 5.90. The van der Waals surface area contributed by atoms with Gasteiger partial charge in [-0.15, -0.1) is 0 Å². The number of aliphatic hydroxyl groups excluding tert-OH is 1. The summed E-state index contributed by atoms with van der Waals surface area (Å²) in [6, 6.07) is 16.0. The van der Waals surface area contributed by atoms with E-state index in [9.17, 15) is 9.59 Å². The highest BCUT2D eigenvalue weighted by atomic mass is 16.6. The Morgan fingerprint density at radius 3 is 2.27 bits per heavy atom. The summed E-state index contributed by atoms with van der Waals surface area (Å²) >= 11 is 0. The smallest absolute Gasteiger partial charge is 0.334 e. The van der Waals surface area contributed by atoms with Gasteiger partial charge in [0.05, 0.1) is 6.42 Å². The zero-order valence-electron chi connectivity index (χ0n) is 27.3. The summed E-state index contributed by atoms with van der Waals surface area (Å²) in [6.45, 7) is 13.0. The summed E-state index contributed by atoms with van der Waals surface area (Å²) in [5, 5.41) is 7.95. The average Bonchev–Trinajstić information content (AvgIpc) is 3.57. The number of carbonyl (C=O) groups is 2. The molecule has 4 rings (SSSR count). The molecule has 0 radical (unpaired) electrons. The Kier molecular flexibility index (Phi) is 13.3. The topological polar surface area (TPSA) is 86.0 Å². The first-order valence-corrected chi connectivity index (χ1v) is 15.7. The second-order valence-corrected chi connectivity index (χ2v) is 12.6. The number of ether oxygens (including phenoxy) is 2. The van der Waals surface area contributed by atoms with Crippen LogP contribution >= 0.6 is 0 Å². The van der Waals surface area contributed by atoms with Crippen LogP contribution in [0.15, 0.2) is 64.6 Å². The van der Waals surface area contributed by atoms with Crippen LogP contribution < -0.4 is 0 Å². The zero-order chi connectivity index (χ0) is 32.2. The molecule has 1 fully saturated rings. The van der Waals surface area contributed by atoms with Crippen LogP contribution in [0.3, 0.4) is 0 Å². The van der Waals surface area contributed by atoms with Gasteiger partial charge in [0, 0.05) is 41.5 Å². The number of hydrogen-bond acceptors (Lipinski definition) is 6. The second-order valence-electron chi connectivity index (χ2n) is 12.6. The molecule has 6 nitrogen and oxygen atoms in total. The molecular weight excluding hydrogens is 552 g/mol. The Morgan fingerprint density at radius 2 is 1.61 bits per heavy atom. The van der Waals surface area contributed by atoms with E-state index >= 15 is 0 Å². The Balaban J connectivity index is 0.00000259. The summed E-state index contributed by atoms with van der Waals surface area (Å²) in [7, 11) is 1.00. The average molecular weight is 601 g/mol. The van der Waals surface area contributed by atoms with Crippen molar-refractivity contribution in [2.24, 2.45) is 17.8 Å². The van der Waals surface area contributed by atoms with Crippen LogP contribution in [0.1, 0.15) is 95.1 Å². The third-order valence-corrected chi connectivity index (χ3v) is 7.62. The quantitative estimate of drug-likeness (QED) is 0.136. The van der Waals surface area contributed by atoms with Crippen molar-refractivity contribution in [1.82, 2.24) is 0 Å². The fourth-order valence-electron chi connectivity index (χ4n) is 5.55.